The Morgan fingerprint density at radius 2 is 2.12 bits per heavy atom. The van der Waals surface area contributed by atoms with E-state index in [4.69, 9.17) is 9.15 Å². The third kappa shape index (κ3) is 4.14. The van der Waals surface area contributed by atoms with Crippen molar-refractivity contribution in [2.24, 2.45) is 0 Å². The minimum Gasteiger partial charge on any atom is -0.497 e. The van der Waals surface area contributed by atoms with Crippen LogP contribution in [0.15, 0.2) is 27.4 Å². The number of carbonyl (C=O) groups excluding carboxylic acids is 1. The lowest BCUT2D eigenvalue weighted by Crippen LogP contribution is -2.37. The second-order valence-corrected chi connectivity index (χ2v) is 5.85. The molecule has 6 nitrogen and oxygen atoms in total. The van der Waals surface area contributed by atoms with Gasteiger partial charge in [-0.2, -0.15) is 0 Å². The first kappa shape index (κ1) is 18.0. The summed E-state index contributed by atoms with van der Waals surface area (Å²) in [6.07, 6.45) is 0.611. The maximum atomic E-state index is 12.2. The van der Waals surface area contributed by atoms with Crippen LogP contribution in [-0.2, 0) is 11.2 Å². The number of nitrogens with one attached hydrogen (secondary N) is 2. The van der Waals surface area contributed by atoms with Gasteiger partial charge < -0.3 is 19.8 Å². The van der Waals surface area contributed by atoms with Crippen LogP contribution in [0.3, 0.4) is 0 Å². The van der Waals surface area contributed by atoms with Crippen LogP contribution in [0.25, 0.3) is 11.0 Å². The molecule has 24 heavy (non-hydrogen) atoms. The van der Waals surface area contributed by atoms with Crippen LogP contribution in [0, 0.1) is 6.92 Å². The summed E-state index contributed by atoms with van der Waals surface area (Å²) in [6.45, 7) is 4.42. The highest BCUT2D eigenvalue weighted by molar-refractivity contribution is 5.82. The van der Waals surface area contributed by atoms with E-state index in [0.717, 1.165) is 10.9 Å². The number of benzene rings is 1. The zero-order valence-electron chi connectivity index (χ0n) is 14.6. The van der Waals surface area contributed by atoms with Crippen LogP contribution in [0.2, 0.25) is 0 Å². The predicted octanol–water partition coefficient (Wildman–Crippen LogP) is 1.77. The molecule has 1 aromatic heterocycles. The zero-order chi connectivity index (χ0) is 17.7. The third-order valence-electron chi connectivity index (χ3n) is 4.19. The van der Waals surface area contributed by atoms with Crippen molar-refractivity contribution in [3.8, 4) is 5.75 Å². The fourth-order valence-electron chi connectivity index (χ4n) is 2.49. The Labute approximate surface area is 141 Å². The van der Waals surface area contributed by atoms with Crippen LogP contribution in [-0.4, -0.2) is 32.7 Å². The Morgan fingerprint density at radius 3 is 2.79 bits per heavy atom. The molecule has 0 aliphatic heterocycles. The highest BCUT2D eigenvalue weighted by Crippen LogP contribution is 2.24. The van der Waals surface area contributed by atoms with Gasteiger partial charge in [0.1, 0.15) is 11.3 Å². The van der Waals surface area contributed by atoms with Crippen molar-refractivity contribution >= 4 is 16.9 Å². The molecule has 0 saturated carbocycles. The summed E-state index contributed by atoms with van der Waals surface area (Å²) in [6, 6.07) is 5.59. The van der Waals surface area contributed by atoms with Gasteiger partial charge in [-0.25, -0.2) is 4.79 Å². The smallest absolute Gasteiger partial charge is 0.339 e. The molecule has 0 radical (unpaired) electrons. The maximum Gasteiger partial charge on any atom is 0.339 e. The first-order valence-electron chi connectivity index (χ1n) is 8.00. The van der Waals surface area contributed by atoms with E-state index in [0.29, 0.717) is 29.9 Å². The van der Waals surface area contributed by atoms with Crippen molar-refractivity contribution < 1.29 is 13.9 Å². The monoisotopic (exact) mass is 332 g/mol. The summed E-state index contributed by atoms with van der Waals surface area (Å²) in [7, 11) is 3.41. The number of rotatable bonds is 7. The second-order valence-electron chi connectivity index (χ2n) is 5.85. The maximum absolute atomic E-state index is 12.2. The number of carbonyl (C=O) groups is 1. The molecule has 1 amide bonds. The van der Waals surface area contributed by atoms with Gasteiger partial charge in [0.2, 0.25) is 5.91 Å². The first-order chi connectivity index (χ1) is 11.5. The average Bonchev–Trinajstić information content (AvgIpc) is 2.58. The van der Waals surface area contributed by atoms with E-state index in [1.807, 2.05) is 33.0 Å². The van der Waals surface area contributed by atoms with E-state index in [2.05, 4.69) is 10.6 Å². The Kier molecular flexibility index (Phi) is 5.98. The van der Waals surface area contributed by atoms with Crippen LogP contribution in [0.1, 0.15) is 24.5 Å². The third-order valence-corrected chi connectivity index (χ3v) is 4.19. The van der Waals surface area contributed by atoms with Gasteiger partial charge in [-0.15, -0.1) is 0 Å². The van der Waals surface area contributed by atoms with E-state index in [-0.39, 0.29) is 18.4 Å². The van der Waals surface area contributed by atoms with Crippen molar-refractivity contribution in [3.05, 3.63) is 39.7 Å². The molecule has 1 heterocycles. The molecular weight excluding hydrogens is 308 g/mol. The second kappa shape index (κ2) is 7.97. The first-order valence-corrected chi connectivity index (χ1v) is 8.00. The molecule has 1 unspecified atom stereocenters. The molecule has 0 fully saturated rings. The lowest BCUT2D eigenvalue weighted by Gasteiger charge is -2.12. The van der Waals surface area contributed by atoms with E-state index in [1.165, 1.54) is 0 Å². The fraction of sp³-hybridized carbons (Fsp3) is 0.444. The number of amides is 1. The molecule has 1 atom stereocenters. The fourth-order valence-corrected chi connectivity index (χ4v) is 2.49. The summed E-state index contributed by atoms with van der Waals surface area (Å²) in [4.78, 5) is 24.1. The van der Waals surface area contributed by atoms with Gasteiger partial charge in [0.15, 0.2) is 0 Å². The molecule has 0 saturated heterocycles. The molecular formula is C18H24N2O4. The summed E-state index contributed by atoms with van der Waals surface area (Å²) >= 11 is 0. The molecule has 0 aliphatic carbocycles. The summed E-state index contributed by atoms with van der Waals surface area (Å²) in [5.74, 6) is 0.557. The molecule has 2 N–H and O–H groups in total. The molecule has 0 spiro atoms. The van der Waals surface area contributed by atoms with Gasteiger partial charge >= 0.3 is 5.63 Å². The molecule has 2 aromatic rings. The lowest BCUT2D eigenvalue weighted by atomic mass is 10.0. The predicted molar refractivity (Wildman–Crippen MR) is 93.6 cm³/mol. The van der Waals surface area contributed by atoms with Gasteiger partial charge in [0.25, 0.3) is 0 Å². The standard InChI is InChI=1S/C18H24N2O4/c1-11(19-3)10-20-17(21)8-7-15-12(2)14-6-5-13(23-4)9-16(14)24-18(15)22/h5-6,9,11,19H,7-8,10H2,1-4H3,(H,20,21). The summed E-state index contributed by atoms with van der Waals surface area (Å²) < 4.78 is 10.5. The number of ether oxygens (including phenoxy) is 1. The highest BCUT2D eigenvalue weighted by Gasteiger charge is 2.14. The van der Waals surface area contributed by atoms with Crippen molar-refractivity contribution in [1.29, 1.82) is 0 Å². The van der Waals surface area contributed by atoms with Crippen molar-refractivity contribution in [2.45, 2.75) is 32.7 Å². The molecule has 0 aliphatic rings. The highest BCUT2D eigenvalue weighted by atomic mass is 16.5. The number of methoxy groups -OCH3 is 1. The average molecular weight is 332 g/mol. The Balaban J connectivity index is 2.15. The van der Waals surface area contributed by atoms with Crippen LogP contribution in [0.4, 0.5) is 0 Å². The molecule has 6 heteroatoms. The summed E-state index contributed by atoms with van der Waals surface area (Å²) in [5.41, 5.74) is 1.49. The zero-order valence-corrected chi connectivity index (χ0v) is 14.6. The lowest BCUT2D eigenvalue weighted by molar-refractivity contribution is -0.121. The van der Waals surface area contributed by atoms with E-state index in [1.54, 1.807) is 13.2 Å². The molecule has 0 bridgehead atoms. The minimum atomic E-state index is -0.398. The summed E-state index contributed by atoms with van der Waals surface area (Å²) in [5, 5.41) is 6.75. The Morgan fingerprint density at radius 1 is 1.38 bits per heavy atom. The SMILES string of the molecule is CNC(C)CNC(=O)CCc1c(C)c2ccc(OC)cc2oc1=O. The van der Waals surface area contributed by atoms with E-state index >= 15 is 0 Å². The van der Waals surface area contributed by atoms with Gasteiger partial charge in [0, 0.05) is 36.0 Å². The van der Waals surface area contributed by atoms with Gasteiger partial charge in [-0.1, -0.05) is 0 Å². The van der Waals surface area contributed by atoms with Gasteiger partial charge in [-0.3, -0.25) is 4.79 Å². The Hall–Kier alpha value is -2.34. The normalized spacial score (nSPS) is 12.2. The molecule has 2 rings (SSSR count). The quantitative estimate of drug-likeness (QED) is 0.755. The number of aryl methyl sites for hydroxylation is 1. The number of fused-ring (bicyclic) bond motifs is 1. The van der Waals surface area contributed by atoms with Crippen molar-refractivity contribution in [3.63, 3.8) is 0 Å². The molecule has 1 aromatic carbocycles. The molecule has 130 valence electrons. The van der Waals surface area contributed by atoms with Crippen LogP contribution < -0.4 is 21.0 Å². The Bertz CT molecular complexity index is 782. The van der Waals surface area contributed by atoms with Crippen LogP contribution in [0.5, 0.6) is 5.75 Å². The van der Waals surface area contributed by atoms with Gasteiger partial charge in [0.05, 0.1) is 7.11 Å². The van der Waals surface area contributed by atoms with Crippen molar-refractivity contribution in [2.75, 3.05) is 20.7 Å². The van der Waals surface area contributed by atoms with Crippen molar-refractivity contribution in [1.82, 2.24) is 10.6 Å². The number of likely N-dealkylation sites (N-methyl/N-ethyl adjacent to an activating group) is 1. The number of hydrogen-bond donors (Lipinski definition) is 2. The van der Waals surface area contributed by atoms with Crippen LogP contribution >= 0.6 is 0 Å². The topological polar surface area (TPSA) is 80.6 Å². The van der Waals surface area contributed by atoms with E-state index in [9.17, 15) is 9.59 Å². The largest absolute Gasteiger partial charge is 0.497 e. The number of hydrogen-bond acceptors (Lipinski definition) is 5. The van der Waals surface area contributed by atoms with E-state index < -0.39 is 5.63 Å². The minimum absolute atomic E-state index is 0.0780. The van der Waals surface area contributed by atoms with Gasteiger partial charge in [-0.05, 0) is 45.0 Å².